The van der Waals surface area contributed by atoms with Crippen molar-refractivity contribution in [2.45, 2.75) is 45.2 Å². The van der Waals surface area contributed by atoms with Gasteiger partial charge in [-0.05, 0) is 32.4 Å². The molecule has 0 saturated carbocycles. The standard InChI is InChI=1S/C14H20N2O/c1-11-7-6-8-12(2)16(11)15-14(17)13-9-4-3-5-10-13/h3-5,9-12H,6-8H2,1-2H3,(H,15,17)/p+1. The summed E-state index contributed by atoms with van der Waals surface area (Å²) in [5, 5.41) is 1.21. The monoisotopic (exact) mass is 233 g/mol. The maximum Gasteiger partial charge on any atom is 0.295 e. The Labute approximate surface area is 103 Å². The van der Waals surface area contributed by atoms with Crippen molar-refractivity contribution >= 4 is 5.91 Å². The molecular weight excluding hydrogens is 212 g/mol. The molecule has 92 valence electrons. The lowest BCUT2D eigenvalue weighted by atomic mass is 10.00. The highest BCUT2D eigenvalue weighted by Crippen LogP contribution is 2.06. The van der Waals surface area contributed by atoms with Gasteiger partial charge in [0.1, 0.15) is 12.1 Å². The number of amides is 1. The molecule has 1 fully saturated rings. The zero-order chi connectivity index (χ0) is 12.3. The van der Waals surface area contributed by atoms with Crippen molar-refractivity contribution in [1.82, 2.24) is 5.43 Å². The predicted molar refractivity (Wildman–Crippen MR) is 67.6 cm³/mol. The van der Waals surface area contributed by atoms with E-state index in [0.29, 0.717) is 12.1 Å². The number of carbonyl (C=O) groups is 1. The van der Waals surface area contributed by atoms with Crippen LogP contribution in [-0.4, -0.2) is 18.0 Å². The molecule has 3 heteroatoms. The molecule has 0 aromatic heterocycles. The molecule has 0 spiro atoms. The number of piperidine rings is 1. The molecule has 0 bridgehead atoms. The van der Waals surface area contributed by atoms with E-state index in [9.17, 15) is 4.79 Å². The summed E-state index contributed by atoms with van der Waals surface area (Å²) in [6.07, 6.45) is 3.65. The van der Waals surface area contributed by atoms with Crippen LogP contribution in [-0.2, 0) is 0 Å². The molecule has 1 saturated heterocycles. The van der Waals surface area contributed by atoms with E-state index in [2.05, 4.69) is 19.3 Å². The summed E-state index contributed by atoms with van der Waals surface area (Å²) in [6, 6.07) is 10.4. The number of carbonyl (C=O) groups excluding carboxylic acids is 1. The third kappa shape index (κ3) is 2.86. The highest BCUT2D eigenvalue weighted by atomic mass is 16.2. The first kappa shape index (κ1) is 12.1. The van der Waals surface area contributed by atoms with E-state index in [0.717, 1.165) is 5.56 Å². The number of hydrogen-bond donors (Lipinski definition) is 2. The maximum absolute atomic E-state index is 12.1. The summed E-state index contributed by atoms with van der Waals surface area (Å²) in [7, 11) is 0. The Bertz CT molecular complexity index is 367. The van der Waals surface area contributed by atoms with Gasteiger partial charge in [0.15, 0.2) is 0 Å². The second-order valence-corrected chi connectivity index (χ2v) is 5.01. The van der Waals surface area contributed by atoms with Gasteiger partial charge in [-0.15, -0.1) is 0 Å². The van der Waals surface area contributed by atoms with Crippen molar-refractivity contribution < 1.29 is 9.80 Å². The number of nitrogens with one attached hydrogen (secondary N) is 2. The quantitative estimate of drug-likeness (QED) is 0.790. The van der Waals surface area contributed by atoms with Crippen molar-refractivity contribution in [3.63, 3.8) is 0 Å². The molecule has 1 amide bonds. The first-order chi connectivity index (χ1) is 8.18. The molecule has 2 N–H and O–H groups in total. The number of benzene rings is 1. The summed E-state index contributed by atoms with van der Waals surface area (Å²) in [4.78, 5) is 12.1. The summed E-state index contributed by atoms with van der Waals surface area (Å²) in [5.74, 6) is 0.0289. The third-order valence-corrected chi connectivity index (χ3v) is 3.63. The lowest BCUT2D eigenvalue weighted by Gasteiger charge is -2.34. The van der Waals surface area contributed by atoms with Crippen molar-refractivity contribution in [3.8, 4) is 0 Å². The van der Waals surface area contributed by atoms with Crippen molar-refractivity contribution in [2.24, 2.45) is 0 Å². The van der Waals surface area contributed by atoms with E-state index < -0.39 is 0 Å². The second kappa shape index (κ2) is 5.32. The number of hydrogen-bond acceptors (Lipinski definition) is 1. The van der Waals surface area contributed by atoms with Gasteiger partial charge in [0.05, 0.1) is 0 Å². The molecule has 1 heterocycles. The maximum atomic E-state index is 12.1. The number of rotatable bonds is 2. The normalized spacial score (nSPS) is 28.7. The van der Waals surface area contributed by atoms with E-state index in [1.807, 2.05) is 30.3 Å². The first-order valence-corrected chi connectivity index (χ1v) is 6.41. The van der Waals surface area contributed by atoms with E-state index in [-0.39, 0.29) is 5.91 Å². The van der Waals surface area contributed by atoms with Crippen LogP contribution in [0.25, 0.3) is 0 Å². The predicted octanol–water partition coefficient (Wildman–Crippen LogP) is 1.18. The van der Waals surface area contributed by atoms with Gasteiger partial charge in [0, 0.05) is 18.4 Å². The highest BCUT2D eigenvalue weighted by molar-refractivity contribution is 5.93. The molecule has 1 aromatic rings. The first-order valence-electron chi connectivity index (χ1n) is 6.41. The molecule has 2 rings (SSSR count). The lowest BCUT2D eigenvalue weighted by Crippen LogP contribution is -3.25. The summed E-state index contributed by atoms with van der Waals surface area (Å²) < 4.78 is 0. The second-order valence-electron chi connectivity index (χ2n) is 5.01. The summed E-state index contributed by atoms with van der Waals surface area (Å²) in [5.41, 5.74) is 3.85. The van der Waals surface area contributed by atoms with Crippen LogP contribution in [0.3, 0.4) is 0 Å². The topological polar surface area (TPSA) is 33.5 Å². The molecule has 2 atom stereocenters. The lowest BCUT2D eigenvalue weighted by molar-refractivity contribution is -0.984. The van der Waals surface area contributed by atoms with E-state index in [1.54, 1.807) is 0 Å². The van der Waals surface area contributed by atoms with Crippen LogP contribution in [0.15, 0.2) is 30.3 Å². The Morgan fingerprint density at radius 1 is 1.18 bits per heavy atom. The van der Waals surface area contributed by atoms with Crippen LogP contribution >= 0.6 is 0 Å². The van der Waals surface area contributed by atoms with Gasteiger partial charge in [0.25, 0.3) is 5.91 Å². The van der Waals surface area contributed by atoms with Crippen LogP contribution in [0.4, 0.5) is 0 Å². The molecule has 1 aromatic carbocycles. The Kier molecular flexibility index (Phi) is 3.79. The zero-order valence-electron chi connectivity index (χ0n) is 10.6. The van der Waals surface area contributed by atoms with Crippen LogP contribution < -0.4 is 10.4 Å². The van der Waals surface area contributed by atoms with Crippen LogP contribution in [0, 0.1) is 0 Å². The molecule has 3 nitrogen and oxygen atoms in total. The Hall–Kier alpha value is -1.35. The molecule has 17 heavy (non-hydrogen) atoms. The van der Waals surface area contributed by atoms with Crippen LogP contribution in [0.2, 0.25) is 0 Å². The molecular formula is C14H21N2O+. The van der Waals surface area contributed by atoms with Gasteiger partial charge in [-0.2, -0.15) is 5.43 Å². The molecule has 2 unspecified atom stereocenters. The van der Waals surface area contributed by atoms with E-state index in [1.165, 1.54) is 24.3 Å². The van der Waals surface area contributed by atoms with Crippen LogP contribution in [0.1, 0.15) is 43.5 Å². The Morgan fingerprint density at radius 2 is 1.76 bits per heavy atom. The fourth-order valence-corrected chi connectivity index (χ4v) is 2.57. The van der Waals surface area contributed by atoms with Gasteiger partial charge >= 0.3 is 0 Å². The Balaban J connectivity index is 2.03. The Morgan fingerprint density at radius 3 is 2.35 bits per heavy atom. The van der Waals surface area contributed by atoms with Gasteiger partial charge in [-0.25, -0.2) is 5.01 Å². The minimum atomic E-state index is 0.0289. The van der Waals surface area contributed by atoms with E-state index >= 15 is 0 Å². The van der Waals surface area contributed by atoms with Crippen molar-refractivity contribution in [3.05, 3.63) is 35.9 Å². The fourth-order valence-electron chi connectivity index (χ4n) is 2.57. The fraction of sp³-hybridized carbons (Fsp3) is 0.500. The summed E-state index contributed by atoms with van der Waals surface area (Å²) >= 11 is 0. The average molecular weight is 233 g/mol. The van der Waals surface area contributed by atoms with Crippen molar-refractivity contribution in [1.29, 1.82) is 0 Å². The van der Waals surface area contributed by atoms with E-state index in [4.69, 9.17) is 0 Å². The van der Waals surface area contributed by atoms with Crippen molar-refractivity contribution in [2.75, 3.05) is 0 Å². The molecule has 0 aliphatic carbocycles. The summed E-state index contributed by atoms with van der Waals surface area (Å²) in [6.45, 7) is 4.41. The highest BCUT2D eigenvalue weighted by Gasteiger charge is 2.30. The largest absolute Gasteiger partial charge is 0.295 e. The SMILES string of the molecule is CC1CCCC(C)[NH+]1NC(=O)c1ccccc1. The van der Waals surface area contributed by atoms with Gasteiger partial charge in [-0.1, -0.05) is 18.2 Å². The molecule has 0 radical (unpaired) electrons. The third-order valence-electron chi connectivity index (χ3n) is 3.63. The van der Waals surface area contributed by atoms with Gasteiger partial charge in [-0.3, -0.25) is 4.79 Å². The smallest absolute Gasteiger partial charge is 0.264 e. The minimum absolute atomic E-state index is 0.0289. The van der Waals surface area contributed by atoms with Gasteiger partial charge in [0.2, 0.25) is 0 Å². The minimum Gasteiger partial charge on any atom is -0.264 e. The van der Waals surface area contributed by atoms with Crippen LogP contribution in [0.5, 0.6) is 0 Å². The number of quaternary nitrogens is 1. The van der Waals surface area contributed by atoms with Gasteiger partial charge < -0.3 is 0 Å². The molecule has 1 aliphatic rings. The average Bonchev–Trinajstić information content (AvgIpc) is 2.35. The zero-order valence-corrected chi connectivity index (χ0v) is 10.6. The molecule has 1 aliphatic heterocycles.